The summed E-state index contributed by atoms with van der Waals surface area (Å²) in [5.74, 6) is -0.477. The number of ether oxygens (including phenoxy) is 2. The first-order valence-electron chi connectivity index (χ1n) is 10.9. The normalized spacial score (nSPS) is 23.5. The summed E-state index contributed by atoms with van der Waals surface area (Å²) in [6, 6.07) is -0.614. The number of thiazole rings is 1. The van der Waals surface area contributed by atoms with E-state index in [1.807, 2.05) is 33.8 Å². The van der Waals surface area contributed by atoms with E-state index in [1.54, 1.807) is 11.5 Å². The third-order valence-corrected chi connectivity index (χ3v) is 5.87. The van der Waals surface area contributed by atoms with Crippen LogP contribution in [0.2, 0.25) is 0 Å². The second-order valence-electron chi connectivity index (χ2n) is 8.78. The molecule has 2 bridgehead atoms. The van der Waals surface area contributed by atoms with Gasteiger partial charge < -0.3 is 20.1 Å². The number of amides is 2. The van der Waals surface area contributed by atoms with Crippen LogP contribution in [0.4, 0.5) is 0 Å². The summed E-state index contributed by atoms with van der Waals surface area (Å²) in [6.45, 7) is 7.98. The highest BCUT2D eigenvalue weighted by molar-refractivity contribution is 7.80. The van der Waals surface area contributed by atoms with Crippen molar-refractivity contribution < 1.29 is 23.9 Å². The van der Waals surface area contributed by atoms with E-state index >= 15 is 0 Å². The van der Waals surface area contributed by atoms with Crippen LogP contribution in [0.1, 0.15) is 56.0 Å². The Morgan fingerprint density at radius 1 is 1.33 bits per heavy atom. The molecule has 0 aromatic carbocycles. The van der Waals surface area contributed by atoms with Gasteiger partial charge in [0.15, 0.2) is 0 Å². The van der Waals surface area contributed by atoms with Gasteiger partial charge in [-0.1, -0.05) is 19.9 Å². The minimum atomic E-state index is -0.711. The Hall–Kier alpha value is -1.95. The van der Waals surface area contributed by atoms with Gasteiger partial charge in [-0.15, -0.1) is 11.3 Å². The van der Waals surface area contributed by atoms with Gasteiger partial charge >= 0.3 is 5.97 Å². The number of hydrogen-bond acceptors (Lipinski definition) is 9. The monoisotopic (exact) mass is 498 g/mol. The summed E-state index contributed by atoms with van der Waals surface area (Å²) in [5.41, 5.74) is -0.364. The smallest absolute Gasteiger partial charge is 0.324 e. The Balaban J connectivity index is 2.22. The fraction of sp³-hybridized carbons (Fsp3) is 0.636. The van der Waals surface area contributed by atoms with Gasteiger partial charge in [0.2, 0.25) is 5.91 Å². The van der Waals surface area contributed by atoms with Gasteiger partial charge in [-0.3, -0.25) is 19.7 Å². The molecule has 1 aliphatic rings. The van der Waals surface area contributed by atoms with Gasteiger partial charge in [-0.2, -0.15) is 12.6 Å². The van der Waals surface area contributed by atoms with Crippen LogP contribution >= 0.6 is 24.0 Å². The zero-order chi connectivity index (χ0) is 24.4. The van der Waals surface area contributed by atoms with Crippen LogP contribution in [-0.2, 0) is 25.6 Å². The molecule has 2 rings (SSSR count). The van der Waals surface area contributed by atoms with Crippen LogP contribution in [0.25, 0.3) is 0 Å². The Bertz CT molecular complexity index is 841. The number of carbonyl (C=O) groups is 3. The van der Waals surface area contributed by atoms with E-state index in [4.69, 9.17) is 9.47 Å². The molecule has 0 aliphatic carbocycles. The van der Waals surface area contributed by atoms with E-state index < -0.39 is 23.7 Å². The quantitative estimate of drug-likeness (QED) is 0.285. The summed E-state index contributed by atoms with van der Waals surface area (Å²) in [4.78, 5) is 42.3. The van der Waals surface area contributed by atoms with Crippen molar-refractivity contribution in [3.63, 3.8) is 0 Å². The molecule has 0 saturated heterocycles. The minimum Gasteiger partial charge on any atom is -0.456 e. The highest BCUT2D eigenvalue weighted by atomic mass is 32.1. The topological polar surface area (TPSA) is 119 Å². The number of fused-ring (bicyclic) bond motifs is 2. The number of carbonyl (C=O) groups excluding carboxylic acids is 3. The highest BCUT2D eigenvalue weighted by Crippen LogP contribution is 2.14. The zero-order valence-electron chi connectivity index (χ0n) is 19.6. The lowest BCUT2D eigenvalue weighted by molar-refractivity contribution is -0.152. The third kappa shape index (κ3) is 9.44. The predicted octanol–water partition coefficient (Wildman–Crippen LogP) is 2.05. The van der Waals surface area contributed by atoms with E-state index in [2.05, 4.69) is 33.6 Å². The maximum atomic E-state index is 12.9. The molecular formula is C22H34N4O5S2. The van der Waals surface area contributed by atoms with E-state index in [0.717, 1.165) is 0 Å². The van der Waals surface area contributed by atoms with E-state index in [0.29, 0.717) is 17.2 Å². The molecule has 3 N–H and O–H groups in total. The van der Waals surface area contributed by atoms with Crippen molar-refractivity contribution in [3.05, 3.63) is 28.2 Å². The Kier molecular flexibility index (Phi) is 10.8. The second kappa shape index (κ2) is 13.1. The lowest BCUT2D eigenvalue weighted by atomic mass is 10.0. The molecule has 1 aliphatic heterocycles. The van der Waals surface area contributed by atoms with Crippen molar-refractivity contribution in [1.29, 1.82) is 0 Å². The first-order chi connectivity index (χ1) is 15.6. The van der Waals surface area contributed by atoms with Gasteiger partial charge in [0, 0.05) is 5.38 Å². The van der Waals surface area contributed by atoms with Gasteiger partial charge in [0.25, 0.3) is 5.91 Å². The molecule has 0 radical (unpaired) electrons. The number of thiol groups is 1. The molecule has 9 nitrogen and oxygen atoms in total. The third-order valence-electron chi connectivity index (χ3n) is 4.76. The largest absolute Gasteiger partial charge is 0.456 e. The summed E-state index contributed by atoms with van der Waals surface area (Å²) < 4.78 is 11.4. The number of nitrogens with one attached hydrogen (secondary N) is 3. The Labute approximate surface area is 204 Å². The van der Waals surface area contributed by atoms with Crippen molar-refractivity contribution in [2.24, 2.45) is 5.92 Å². The average Bonchev–Trinajstić information content (AvgIpc) is 3.20. The summed E-state index contributed by atoms with van der Waals surface area (Å²) >= 11 is 5.47. The van der Waals surface area contributed by atoms with Crippen molar-refractivity contribution in [2.75, 3.05) is 19.1 Å². The molecule has 1 aromatic rings. The van der Waals surface area contributed by atoms with Crippen molar-refractivity contribution >= 4 is 41.7 Å². The summed E-state index contributed by atoms with van der Waals surface area (Å²) in [7, 11) is 0. The van der Waals surface area contributed by atoms with Gasteiger partial charge in [0.1, 0.15) is 22.8 Å². The maximum Gasteiger partial charge on any atom is 0.324 e. The molecule has 0 spiro atoms. The molecule has 1 aromatic heterocycles. The van der Waals surface area contributed by atoms with Crippen LogP contribution in [-0.4, -0.2) is 59.5 Å². The lowest BCUT2D eigenvalue weighted by Crippen LogP contribution is -2.49. The predicted molar refractivity (Wildman–Crippen MR) is 130 cm³/mol. The fourth-order valence-electron chi connectivity index (χ4n) is 3.07. The van der Waals surface area contributed by atoms with Crippen molar-refractivity contribution in [3.8, 4) is 0 Å². The van der Waals surface area contributed by atoms with Crippen molar-refractivity contribution in [2.45, 2.75) is 64.8 Å². The van der Waals surface area contributed by atoms with Crippen LogP contribution in [0.15, 0.2) is 17.5 Å². The van der Waals surface area contributed by atoms with Gasteiger partial charge in [-0.05, 0) is 38.0 Å². The molecular weight excluding hydrogens is 464 g/mol. The number of allylic oxidation sites excluding steroid dienone is 1. The first kappa shape index (κ1) is 27.3. The highest BCUT2D eigenvalue weighted by Gasteiger charge is 2.28. The zero-order valence-corrected chi connectivity index (χ0v) is 21.3. The molecule has 2 heterocycles. The number of esters is 1. The summed E-state index contributed by atoms with van der Waals surface area (Å²) in [5, 5.41) is 11.0. The molecule has 184 valence electrons. The van der Waals surface area contributed by atoms with E-state index in [-0.39, 0.29) is 49.7 Å². The standard InChI is InChI=1S/C22H34N4O5S2/c1-14(2)19-21(29)31-15(7-5-6-8-32)9-17(27)23-10-18-25-16(11-33-18)20(28)26-22(3,4)12-30-13-24-19/h5,7,11,14-15,19,24,32H,6,8-10,12-13H2,1-4H3,(H,23,27)(H,26,28)/b7-5+/t15-,19+/m1/s1. The molecule has 0 fully saturated rings. The molecule has 33 heavy (non-hydrogen) atoms. The van der Waals surface area contributed by atoms with Crippen LogP contribution in [0.3, 0.4) is 0 Å². The number of nitrogens with zero attached hydrogens (tertiary/aromatic N) is 1. The van der Waals surface area contributed by atoms with Gasteiger partial charge in [-0.25, -0.2) is 4.98 Å². The maximum absolute atomic E-state index is 12.9. The van der Waals surface area contributed by atoms with Crippen LogP contribution < -0.4 is 16.0 Å². The van der Waals surface area contributed by atoms with E-state index in [9.17, 15) is 14.4 Å². The molecule has 2 atom stereocenters. The summed E-state index contributed by atoms with van der Waals surface area (Å²) in [6.07, 6.45) is 3.52. The number of cyclic esters (lactones) is 1. The number of aromatic nitrogens is 1. The first-order valence-corrected chi connectivity index (χ1v) is 12.4. The number of hydrogen-bond donors (Lipinski definition) is 4. The molecule has 11 heteroatoms. The average molecular weight is 499 g/mol. The van der Waals surface area contributed by atoms with Crippen molar-refractivity contribution in [1.82, 2.24) is 20.9 Å². The number of rotatable bonds is 4. The molecule has 2 amide bonds. The minimum absolute atomic E-state index is 0.0248. The Morgan fingerprint density at radius 3 is 2.79 bits per heavy atom. The van der Waals surface area contributed by atoms with Crippen LogP contribution in [0, 0.1) is 5.92 Å². The lowest BCUT2D eigenvalue weighted by Gasteiger charge is -2.27. The molecule has 0 unspecified atom stereocenters. The van der Waals surface area contributed by atoms with Gasteiger partial charge in [0.05, 0.1) is 31.8 Å². The Morgan fingerprint density at radius 2 is 2.09 bits per heavy atom. The fourth-order valence-corrected chi connectivity index (χ4v) is 3.94. The SMILES string of the molecule is CC(C)[C@@H]1NCOCC(C)(C)NC(=O)c2csc(n2)CNC(=O)C[C@@H](/C=C/CCS)OC1=O. The van der Waals surface area contributed by atoms with E-state index in [1.165, 1.54) is 11.3 Å². The van der Waals surface area contributed by atoms with Crippen LogP contribution in [0.5, 0.6) is 0 Å². The second-order valence-corrected chi connectivity index (χ2v) is 10.2. The molecule has 0 saturated carbocycles.